The van der Waals surface area contributed by atoms with Gasteiger partial charge in [-0.15, -0.1) is 0 Å². The molecule has 0 aromatic heterocycles. The van der Waals surface area contributed by atoms with Crippen molar-refractivity contribution in [2.24, 2.45) is 5.41 Å². The minimum Gasteiger partial charge on any atom is -0.273 e. The van der Waals surface area contributed by atoms with Gasteiger partial charge in [-0.3, -0.25) is 9.80 Å². The number of nitriles is 1. The van der Waals surface area contributed by atoms with Crippen LogP contribution in [0.3, 0.4) is 0 Å². The normalized spacial score (nSPS) is 25.3. The van der Waals surface area contributed by atoms with E-state index in [4.69, 9.17) is 5.26 Å². The zero-order chi connectivity index (χ0) is 15.0. The third-order valence-electron chi connectivity index (χ3n) is 4.69. The molecule has 0 N–H and O–H groups in total. The quantitative estimate of drug-likeness (QED) is 0.796. The largest absolute Gasteiger partial charge is 0.273 e. The monoisotopic (exact) mass is 283 g/mol. The maximum absolute atomic E-state index is 12.9. The summed E-state index contributed by atoms with van der Waals surface area (Å²) < 4.78 is 0. The van der Waals surface area contributed by atoms with Crippen molar-refractivity contribution in [2.75, 3.05) is 13.1 Å². The van der Waals surface area contributed by atoms with Gasteiger partial charge in [0.1, 0.15) is 0 Å². The Morgan fingerprint density at radius 3 is 2.62 bits per heavy atom. The molecular formula is C17H21N3O. The number of carbonyl (C=O) groups is 1. The molecule has 0 saturated carbocycles. The van der Waals surface area contributed by atoms with Crippen molar-refractivity contribution in [1.29, 1.82) is 5.26 Å². The maximum atomic E-state index is 12.9. The molecule has 2 heterocycles. The molecule has 1 aromatic rings. The van der Waals surface area contributed by atoms with Crippen LogP contribution in [0.25, 0.3) is 0 Å². The molecule has 2 saturated heterocycles. The Kier molecular flexibility index (Phi) is 3.46. The SMILES string of the molecule is CC1(C)CCCN2CC[C@H](c3ccc(C#N)cc3)N2C1=O. The van der Waals surface area contributed by atoms with E-state index in [-0.39, 0.29) is 17.4 Å². The highest BCUT2D eigenvalue weighted by atomic mass is 16.2. The molecule has 0 unspecified atom stereocenters. The summed E-state index contributed by atoms with van der Waals surface area (Å²) in [7, 11) is 0. The third kappa shape index (κ3) is 2.43. The van der Waals surface area contributed by atoms with Gasteiger partial charge in [0.15, 0.2) is 0 Å². The molecule has 0 radical (unpaired) electrons. The number of rotatable bonds is 1. The van der Waals surface area contributed by atoms with E-state index in [0.717, 1.165) is 37.9 Å². The van der Waals surface area contributed by atoms with Crippen LogP contribution in [0, 0.1) is 16.7 Å². The fraction of sp³-hybridized carbons (Fsp3) is 0.529. The summed E-state index contributed by atoms with van der Waals surface area (Å²) >= 11 is 0. The first kappa shape index (κ1) is 14.1. The average molecular weight is 283 g/mol. The van der Waals surface area contributed by atoms with Gasteiger partial charge in [0, 0.05) is 18.5 Å². The maximum Gasteiger partial charge on any atom is 0.243 e. The highest BCUT2D eigenvalue weighted by Gasteiger charge is 2.44. The Labute approximate surface area is 125 Å². The minimum atomic E-state index is -0.288. The van der Waals surface area contributed by atoms with Gasteiger partial charge >= 0.3 is 0 Å². The summed E-state index contributed by atoms with van der Waals surface area (Å²) in [4.78, 5) is 12.9. The smallest absolute Gasteiger partial charge is 0.243 e. The van der Waals surface area contributed by atoms with Crippen molar-refractivity contribution < 1.29 is 4.79 Å². The minimum absolute atomic E-state index is 0.114. The topological polar surface area (TPSA) is 47.3 Å². The first-order valence-corrected chi connectivity index (χ1v) is 7.61. The van der Waals surface area contributed by atoms with Crippen molar-refractivity contribution in [3.63, 3.8) is 0 Å². The summed E-state index contributed by atoms with van der Waals surface area (Å²) in [6.45, 7) is 5.99. The summed E-state index contributed by atoms with van der Waals surface area (Å²) in [6, 6.07) is 9.90. The number of amides is 1. The molecule has 1 aromatic carbocycles. The molecule has 1 atom stereocenters. The number of hydrogen-bond donors (Lipinski definition) is 0. The van der Waals surface area contributed by atoms with Crippen LogP contribution in [0.15, 0.2) is 24.3 Å². The molecule has 0 bridgehead atoms. The lowest BCUT2D eigenvalue weighted by Gasteiger charge is -2.34. The number of carbonyl (C=O) groups excluding carboxylic acids is 1. The molecular weight excluding hydrogens is 262 g/mol. The summed E-state index contributed by atoms with van der Waals surface area (Å²) in [5.41, 5.74) is 1.50. The van der Waals surface area contributed by atoms with Gasteiger partial charge in [-0.05, 0) is 37.0 Å². The molecule has 0 spiro atoms. The second-order valence-electron chi connectivity index (χ2n) is 6.63. The first-order chi connectivity index (χ1) is 10.0. The van der Waals surface area contributed by atoms with Crippen LogP contribution in [0.1, 0.15) is 50.3 Å². The summed E-state index contributed by atoms with van der Waals surface area (Å²) in [5.74, 6) is 0.229. The van der Waals surface area contributed by atoms with E-state index in [1.807, 2.05) is 43.1 Å². The van der Waals surface area contributed by atoms with Crippen LogP contribution >= 0.6 is 0 Å². The Morgan fingerprint density at radius 2 is 1.95 bits per heavy atom. The van der Waals surface area contributed by atoms with Crippen molar-refractivity contribution in [1.82, 2.24) is 10.0 Å². The zero-order valence-corrected chi connectivity index (χ0v) is 12.7. The van der Waals surface area contributed by atoms with Crippen molar-refractivity contribution in [2.45, 2.75) is 39.2 Å². The standard InChI is InChI=1S/C17H21N3O/c1-17(2)9-3-10-19-11-8-15(20(19)16(17)21)14-6-4-13(12-18)5-7-14/h4-7,15H,3,8-11H2,1-2H3/t15-/m1/s1. The predicted octanol–water partition coefficient (Wildman–Crippen LogP) is 2.87. The molecule has 0 aliphatic carbocycles. The highest BCUT2D eigenvalue weighted by Crippen LogP contribution is 2.39. The Bertz CT molecular complexity index is 585. The van der Waals surface area contributed by atoms with Gasteiger partial charge in [0.25, 0.3) is 0 Å². The summed E-state index contributed by atoms with van der Waals surface area (Å²) in [5, 5.41) is 13.1. The average Bonchev–Trinajstić information content (AvgIpc) is 2.85. The molecule has 21 heavy (non-hydrogen) atoms. The number of hydrazine groups is 1. The van der Waals surface area contributed by atoms with Gasteiger partial charge in [-0.1, -0.05) is 26.0 Å². The number of nitrogens with zero attached hydrogens (tertiary/aromatic N) is 3. The molecule has 3 rings (SSSR count). The van der Waals surface area contributed by atoms with Crippen LogP contribution in [0.2, 0.25) is 0 Å². The molecule has 110 valence electrons. The van der Waals surface area contributed by atoms with Gasteiger partial charge in [-0.2, -0.15) is 5.26 Å². The van der Waals surface area contributed by atoms with E-state index in [0.29, 0.717) is 5.56 Å². The second-order valence-corrected chi connectivity index (χ2v) is 6.63. The van der Waals surface area contributed by atoms with Gasteiger partial charge in [0.05, 0.1) is 17.7 Å². The Morgan fingerprint density at radius 1 is 1.24 bits per heavy atom. The Hall–Kier alpha value is -1.86. The van der Waals surface area contributed by atoms with E-state index in [9.17, 15) is 4.79 Å². The lowest BCUT2D eigenvalue weighted by molar-refractivity contribution is -0.154. The van der Waals surface area contributed by atoms with Crippen LogP contribution in [0.4, 0.5) is 0 Å². The molecule has 2 aliphatic heterocycles. The Balaban J connectivity index is 1.92. The molecule has 4 heteroatoms. The van der Waals surface area contributed by atoms with Gasteiger partial charge < -0.3 is 0 Å². The molecule has 1 amide bonds. The number of fused-ring (bicyclic) bond motifs is 1. The van der Waals surface area contributed by atoms with E-state index in [1.165, 1.54) is 0 Å². The number of benzene rings is 1. The van der Waals surface area contributed by atoms with E-state index in [1.54, 1.807) is 0 Å². The van der Waals surface area contributed by atoms with Crippen LogP contribution in [-0.4, -0.2) is 29.0 Å². The summed E-state index contributed by atoms with van der Waals surface area (Å²) in [6.07, 6.45) is 2.97. The molecule has 4 nitrogen and oxygen atoms in total. The van der Waals surface area contributed by atoms with Gasteiger partial charge in [-0.25, -0.2) is 5.01 Å². The van der Waals surface area contributed by atoms with Gasteiger partial charge in [0.2, 0.25) is 5.91 Å². The highest BCUT2D eigenvalue weighted by molar-refractivity contribution is 5.82. The molecule has 2 aliphatic rings. The zero-order valence-electron chi connectivity index (χ0n) is 12.7. The first-order valence-electron chi connectivity index (χ1n) is 7.61. The third-order valence-corrected chi connectivity index (χ3v) is 4.69. The predicted molar refractivity (Wildman–Crippen MR) is 79.9 cm³/mol. The second kappa shape index (κ2) is 5.16. The van der Waals surface area contributed by atoms with E-state index < -0.39 is 0 Å². The lowest BCUT2D eigenvalue weighted by atomic mass is 9.86. The van der Waals surface area contributed by atoms with Crippen molar-refractivity contribution in [3.8, 4) is 6.07 Å². The lowest BCUT2D eigenvalue weighted by Crippen LogP contribution is -2.45. The fourth-order valence-electron chi connectivity index (χ4n) is 3.40. The van der Waals surface area contributed by atoms with Crippen LogP contribution in [0.5, 0.6) is 0 Å². The van der Waals surface area contributed by atoms with Crippen LogP contribution < -0.4 is 0 Å². The van der Waals surface area contributed by atoms with Crippen molar-refractivity contribution >= 4 is 5.91 Å². The van der Waals surface area contributed by atoms with Crippen molar-refractivity contribution in [3.05, 3.63) is 35.4 Å². The van der Waals surface area contributed by atoms with Crippen LogP contribution in [-0.2, 0) is 4.79 Å². The molecule has 2 fully saturated rings. The fourth-order valence-corrected chi connectivity index (χ4v) is 3.40. The van der Waals surface area contributed by atoms with E-state index in [2.05, 4.69) is 11.1 Å². The number of hydrogen-bond acceptors (Lipinski definition) is 3. The van der Waals surface area contributed by atoms with E-state index >= 15 is 0 Å².